The monoisotopic (exact) mass is 310 g/mol. The molecule has 22 heavy (non-hydrogen) atoms. The lowest BCUT2D eigenvalue weighted by Crippen LogP contribution is -2.35. The van der Waals surface area contributed by atoms with Crippen LogP contribution < -0.4 is 5.32 Å². The highest BCUT2D eigenvalue weighted by Crippen LogP contribution is 2.20. The minimum atomic E-state index is -0.428. The van der Waals surface area contributed by atoms with Gasteiger partial charge in [0, 0.05) is 25.0 Å². The van der Waals surface area contributed by atoms with Crippen LogP contribution in [0.25, 0.3) is 0 Å². The van der Waals surface area contributed by atoms with Gasteiger partial charge in [0.1, 0.15) is 5.69 Å². The predicted octanol–water partition coefficient (Wildman–Crippen LogP) is 2.01. The molecular formula is C16H26N2O4. The van der Waals surface area contributed by atoms with Crippen LogP contribution in [0.4, 0.5) is 0 Å². The number of aromatic nitrogens is 1. The molecule has 0 saturated heterocycles. The Bertz CT molecular complexity index is 522. The second-order valence-electron chi connectivity index (χ2n) is 5.23. The van der Waals surface area contributed by atoms with E-state index in [4.69, 9.17) is 9.47 Å². The maximum Gasteiger partial charge on any atom is 0.355 e. The van der Waals surface area contributed by atoms with Gasteiger partial charge in [0.25, 0.3) is 0 Å². The molecular weight excluding hydrogens is 284 g/mol. The number of aromatic amines is 1. The van der Waals surface area contributed by atoms with Gasteiger partial charge in [-0.25, -0.2) is 4.79 Å². The quantitative estimate of drug-likeness (QED) is 0.414. The van der Waals surface area contributed by atoms with Crippen LogP contribution in [-0.4, -0.2) is 49.6 Å². The van der Waals surface area contributed by atoms with Crippen molar-refractivity contribution in [3.63, 3.8) is 0 Å². The molecule has 0 fully saturated rings. The second-order valence-corrected chi connectivity index (χ2v) is 5.23. The summed E-state index contributed by atoms with van der Waals surface area (Å²) in [5, 5.41) is 3.17. The van der Waals surface area contributed by atoms with Crippen molar-refractivity contribution in [1.29, 1.82) is 0 Å². The molecule has 0 radical (unpaired) electrons. The maximum atomic E-state index is 12.6. The van der Waals surface area contributed by atoms with E-state index in [1.807, 2.05) is 6.92 Å². The highest BCUT2D eigenvalue weighted by Gasteiger charge is 2.25. The molecule has 2 N–H and O–H groups in total. The number of methoxy groups -OCH3 is 1. The van der Waals surface area contributed by atoms with E-state index in [9.17, 15) is 9.59 Å². The molecule has 1 rings (SSSR count). The van der Waals surface area contributed by atoms with E-state index < -0.39 is 5.97 Å². The number of nitrogens with one attached hydrogen (secondary N) is 2. The number of H-pyrrole nitrogens is 1. The zero-order valence-electron chi connectivity index (χ0n) is 14.0. The van der Waals surface area contributed by atoms with Crippen LogP contribution in [0.5, 0.6) is 0 Å². The van der Waals surface area contributed by atoms with Crippen molar-refractivity contribution in [2.75, 3.05) is 26.9 Å². The SMILES string of the molecule is CCOC(=O)c1[nH]c(C)c(C(=O)C(C)NCCCOC)c1C. The fraction of sp³-hybridized carbons (Fsp3) is 0.625. The van der Waals surface area contributed by atoms with E-state index in [0.29, 0.717) is 42.3 Å². The highest BCUT2D eigenvalue weighted by atomic mass is 16.5. The average Bonchev–Trinajstić information content (AvgIpc) is 2.78. The highest BCUT2D eigenvalue weighted by molar-refractivity contribution is 6.05. The van der Waals surface area contributed by atoms with Crippen molar-refractivity contribution >= 4 is 11.8 Å². The summed E-state index contributed by atoms with van der Waals surface area (Å²) in [5.74, 6) is -0.456. The fourth-order valence-corrected chi connectivity index (χ4v) is 2.37. The Kier molecular flexibility index (Phi) is 7.27. The number of hydrogen-bond acceptors (Lipinski definition) is 5. The Labute approximate surface area is 131 Å². The van der Waals surface area contributed by atoms with Gasteiger partial charge in [0.2, 0.25) is 0 Å². The van der Waals surface area contributed by atoms with Gasteiger partial charge in [-0.2, -0.15) is 0 Å². The first-order chi connectivity index (χ1) is 10.4. The van der Waals surface area contributed by atoms with Crippen LogP contribution in [-0.2, 0) is 9.47 Å². The van der Waals surface area contributed by atoms with E-state index in [2.05, 4.69) is 10.3 Å². The summed E-state index contributed by atoms with van der Waals surface area (Å²) >= 11 is 0. The molecule has 0 aliphatic rings. The maximum absolute atomic E-state index is 12.6. The molecule has 0 saturated carbocycles. The van der Waals surface area contributed by atoms with Crippen molar-refractivity contribution in [2.45, 2.75) is 40.2 Å². The minimum absolute atomic E-state index is 0.0285. The van der Waals surface area contributed by atoms with E-state index in [-0.39, 0.29) is 11.8 Å². The van der Waals surface area contributed by atoms with E-state index in [0.717, 1.165) is 6.42 Å². The van der Waals surface area contributed by atoms with Gasteiger partial charge in [-0.1, -0.05) is 0 Å². The van der Waals surface area contributed by atoms with Crippen molar-refractivity contribution in [3.8, 4) is 0 Å². The molecule has 0 amide bonds. The summed E-state index contributed by atoms with van der Waals surface area (Å²) in [6.45, 7) is 8.79. The first-order valence-electron chi connectivity index (χ1n) is 7.56. The first kappa shape index (κ1) is 18.4. The normalized spacial score (nSPS) is 12.2. The van der Waals surface area contributed by atoms with E-state index in [1.54, 1.807) is 27.9 Å². The summed E-state index contributed by atoms with van der Waals surface area (Å²) in [6, 6.07) is -0.319. The lowest BCUT2D eigenvalue weighted by atomic mass is 10.0. The molecule has 6 nitrogen and oxygen atoms in total. The summed E-state index contributed by atoms with van der Waals surface area (Å²) in [4.78, 5) is 27.4. The van der Waals surface area contributed by atoms with Gasteiger partial charge in [0.15, 0.2) is 5.78 Å². The Morgan fingerprint density at radius 1 is 1.32 bits per heavy atom. The molecule has 0 aliphatic carbocycles. The third-order valence-corrected chi connectivity index (χ3v) is 3.53. The van der Waals surface area contributed by atoms with Gasteiger partial charge >= 0.3 is 5.97 Å². The summed E-state index contributed by atoms with van der Waals surface area (Å²) in [7, 11) is 1.65. The van der Waals surface area contributed by atoms with Crippen LogP contribution in [0, 0.1) is 13.8 Å². The summed E-state index contributed by atoms with van der Waals surface area (Å²) in [6.07, 6.45) is 0.841. The molecule has 6 heteroatoms. The molecule has 0 aromatic carbocycles. The molecule has 1 unspecified atom stereocenters. The molecule has 0 aliphatic heterocycles. The number of hydrogen-bond donors (Lipinski definition) is 2. The van der Waals surface area contributed by atoms with Gasteiger partial charge in [-0.15, -0.1) is 0 Å². The number of carbonyl (C=O) groups excluding carboxylic acids is 2. The topological polar surface area (TPSA) is 80.4 Å². The van der Waals surface area contributed by atoms with Crippen LogP contribution >= 0.6 is 0 Å². The van der Waals surface area contributed by atoms with Crippen LogP contribution in [0.3, 0.4) is 0 Å². The number of aryl methyl sites for hydroxylation is 1. The smallest absolute Gasteiger partial charge is 0.355 e. The third-order valence-electron chi connectivity index (χ3n) is 3.53. The molecule has 0 bridgehead atoms. The Morgan fingerprint density at radius 3 is 2.59 bits per heavy atom. The Morgan fingerprint density at radius 2 is 2.00 bits per heavy atom. The predicted molar refractivity (Wildman–Crippen MR) is 84.5 cm³/mol. The van der Waals surface area contributed by atoms with Crippen LogP contribution in [0.2, 0.25) is 0 Å². The van der Waals surface area contributed by atoms with Gasteiger partial charge < -0.3 is 19.8 Å². The molecule has 1 atom stereocenters. The standard InChI is InChI=1S/C16H26N2O4/c1-6-22-16(20)14-10(2)13(11(3)18-14)15(19)12(4)17-8-7-9-21-5/h12,17-18H,6-9H2,1-5H3. The fourth-order valence-electron chi connectivity index (χ4n) is 2.37. The van der Waals surface area contributed by atoms with Crippen molar-refractivity contribution < 1.29 is 19.1 Å². The molecule has 1 aromatic rings. The van der Waals surface area contributed by atoms with Crippen LogP contribution in [0.15, 0.2) is 0 Å². The number of carbonyl (C=O) groups is 2. The number of ketones is 1. The largest absolute Gasteiger partial charge is 0.461 e. The third kappa shape index (κ3) is 4.42. The second kappa shape index (κ2) is 8.70. The summed E-state index contributed by atoms with van der Waals surface area (Å²) in [5.41, 5.74) is 2.26. The van der Waals surface area contributed by atoms with Crippen molar-refractivity contribution in [2.24, 2.45) is 0 Å². The molecule has 0 spiro atoms. The Hall–Kier alpha value is -1.66. The summed E-state index contributed by atoms with van der Waals surface area (Å²) < 4.78 is 9.98. The zero-order chi connectivity index (χ0) is 16.7. The van der Waals surface area contributed by atoms with Gasteiger partial charge in [-0.3, -0.25) is 4.79 Å². The van der Waals surface area contributed by atoms with E-state index in [1.165, 1.54) is 0 Å². The zero-order valence-corrected chi connectivity index (χ0v) is 14.0. The molecule has 124 valence electrons. The van der Waals surface area contributed by atoms with Gasteiger partial charge in [0.05, 0.1) is 12.6 Å². The van der Waals surface area contributed by atoms with Gasteiger partial charge in [-0.05, 0) is 46.2 Å². The van der Waals surface area contributed by atoms with Crippen molar-refractivity contribution in [3.05, 3.63) is 22.5 Å². The lowest BCUT2D eigenvalue weighted by Gasteiger charge is -2.13. The molecule has 1 aromatic heterocycles. The average molecular weight is 310 g/mol. The first-order valence-corrected chi connectivity index (χ1v) is 7.56. The minimum Gasteiger partial charge on any atom is -0.461 e. The number of Topliss-reactive ketones (excluding diaryl/α,β-unsaturated/α-hetero) is 1. The van der Waals surface area contributed by atoms with E-state index >= 15 is 0 Å². The Balaban J connectivity index is 2.83. The number of ether oxygens (including phenoxy) is 2. The lowest BCUT2D eigenvalue weighted by molar-refractivity contribution is 0.0519. The van der Waals surface area contributed by atoms with Crippen LogP contribution in [0.1, 0.15) is 52.4 Å². The molecule has 1 heterocycles. The number of esters is 1. The van der Waals surface area contributed by atoms with Crippen molar-refractivity contribution in [1.82, 2.24) is 10.3 Å². The number of rotatable bonds is 9.